The summed E-state index contributed by atoms with van der Waals surface area (Å²) in [5.74, 6) is -0.408. The first kappa shape index (κ1) is 11.7. The molecule has 0 radical (unpaired) electrons. The summed E-state index contributed by atoms with van der Waals surface area (Å²) < 4.78 is 0. The Morgan fingerprint density at radius 2 is 2.23 bits per heavy atom. The smallest absolute Gasteiger partial charge is 0.0945 e. The first-order valence-corrected chi connectivity index (χ1v) is 4.20. The van der Waals surface area contributed by atoms with E-state index in [0.29, 0.717) is 5.57 Å². The van der Waals surface area contributed by atoms with E-state index in [0.717, 1.165) is 0 Å². The Kier molecular flexibility index (Phi) is 5.58. The van der Waals surface area contributed by atoms with Crippen molar-refractivity contribution in [2.45, 2.75) is 20.0 Å². The van der Waals surface area contributed by atoms with Crippen molar-refractivity contribution in [1.82, 2.24) is 0 Å². The van der Waals surface area contributed by atoms with E-state index in [1.54, 1.807) is 19.1 Å². The van der Waals surface area contributed by atoms with E-state index < -0.39 is 12.0 Å². The Bertz CT molecular complexity index is 258. The predicted molar refractivity (Wildman–Crippen MR) is 53.9 cm³/mol. The number of aliphatic hydroxyl groups excluding tert-OH is 1. The molecule has 2 nitrogen and oxygen atoms in total. The van der Waals surface area contributed by atoms with Gasteiger partial charge in [0.25, 0.3) is 0 Å². The van der Waals surface area contributed by atoms with E-state index in [4.69, 9.17) is 5.26 Å². The van der Waals surface area contributed by atoms with Crippen LogP contribution in [0, 0.1) is 17.2 Å². The van der Waals surface area contributed by atoms with Crippen LogP contribution >= 0.6 is 0 Å². The van der Waals surface area contributed by atoms with Crippen LogP contribution in [0.3, 0.4) is 0 Å². The van der Waals surface area contributed by atoms with Crippen molar-refractivity contribution < 1.29 is 5.11 Å². The van der Waals surface area contributed by atoms with Crippen LogP contribution in [0.1, 0.15) is 13.8 Å². The largest absolute Gasteiger partial charge is 0.387 e. The Morgan fingerprint density at radius 3 is 2.62 bits per heavy atom. The minimum Gasteiger partial charge on any atom is -0.387 e. The van der Waals surface area contributed by atoms with Gasteiger partial charge in [-0.3, -0.25) is 0 Å². The molecule has 0 aliphatic heterocycles. The third-order valence-electron chi connectivity index (χ3n) is 1.74. The molecule has 1 unspecified atom stereocenters. The van der Waals surface area contributed by atoms with Crippen molar-refractivity contribution in [3.8, 4) is 6.07 Å². The van der Waals surface area contributed by atoms with Gasteiger partial charge in [-0.1, -0.05) is 30.9 Å². The number of aliphatic hydroxyl groups is 1. The van der Waals surface area contributed by atoms with Crippen LogP contribution in [0.15, 0.2) is 36.5 Å². The highest BCUT2D eigenvalue weighted by atomic mass is 16.3. The SMILES string of the molecule is C=C/C(=C\C=C/C)C(O)[C@@H](C)C#N. The van der Waals surface area contributed by atoms with Gasteiger partial charge in [-0.25, -0.2) is 0 Å². The van der Waals surface area contributed by atoms with Gasteiger partial charge in [-0.15, -0.1) is 0 Å². The van der Waals surface area contributed by atoms with Gasteiger partial charge in [-0.05, 0) is 19.4 Å². The van der Waals surface area contributed by atoms with Crippen LogP contribution in [0.5, 0.6) is 0 Å². The second-order valence-electron chi connectivity index (χ2n) is 2.76. The van der Waals surface area contributed by atoms with Crippen molar-refractivity contribution in [2.24, 2.45) is 5.92 Å². The summed E-state index contributed by atoms with van der Waals surface area (Å²) in [6, 6.07) is 1.99. The maximum atomic E-state index is 9.61. The molecule has 0 fully saturated rings. The van der Waals surface area contributed by atoms with E-state index in [1.807, 2.05) is 25.1 Å². The Hall–Kier alpha value is -1.33. The van der Waals surface area contributed by atoms with E-state index in [-0.39, 0.29) is 0 Å². The molecule has 0 amide bonds. The molecule has 0 aliphatic carbocycles. The van der Waals surface area contributed by atoms with Gasteiger partial charge in [0.15, 0.2) is 0 Å². The van der Waals surface area contributed by atoms with Crippen molar-refractivity contribution in [3.05, 3.63) is 36.5 Å². The van der Waals surface area contributed by atoms with E-state index in [9.17, 15) is 5.11 Å². The number of hydrogen-bond acceptors (Lipinski definition) is 2. The molecule has 0 rings (SSSR count). The Balaban J connectivity index is 4.60. The van der Waals surface area contributed by atoms with Crippen molar-refractivity contribution in [1.29, 1.82) is 5.26 Å². The number of nitrogens with zero attached hydrogens (tertiary/aromatic N) is 1. The average Bonchev–Trinajstić information content (AvgIpc) is 2.17. The number of nitriles is 1. The number of hydrogen-bond donors (Lipinski definition) is 1. The summed E-state index contributed by atoms with van der Waals surface area (Å²) in [4.78, 5) is 0. The molecule has 0 aliphatic rings. The highest BCUT2D eigenvalue weighted by molar-refractivity contribution is 5.27. The van der Waals surface area contributed by atoms with Crippen LogP contribution in [-0.4, -0.2) is 11.2 Å². The van der Waals surface area contributed by atoms with Crippen molar-refractivity contribution in [3.63, 3.8) is 0 Å². The number of rotatable bonds is 4. The highest BCUT2D eigenvalue weighted by Gasteiger charge is 2.15. The van der Waals surface area contributed by atoms with Crippen molar-refractivity contribution in [2.75, 3.05) is 0 Å². The van der Waals surface area contributed by atoms with Crippen molar-refractivity contribution >= 4 is 0 Å². The lowest BCUT2D eigenvalue weighted by Crippen LogP contribution is -2.17. The van der Waals surface area contributed by atoms with Crippen LogP contribution < -0.4 is 0 Å². The van der Waals surface area contributed by atoms with E-state index in [2.05, 4.69) is 6.58 Å². The summed E-state index contributed by atoms with van der Waals surface area (Å²) in [6.45, 7) is 7.14. The van der Waals surface area contributed by atoms with E-state index in [1.165, 1.54) is 0 Å². The van der Waals surface area contributed by atoms with Gasteiger partial charge in [0.05, 0.1) is 18.1 Å². The standard InChI is InChI=1S/C11H15NO/c1-4-6-7-10(5-2)11(13)9(3)8-12/h4-7,9,11,13H,2H2,1,3H3/b6-4-,10-7+/t9-,11?/m0/s1. The molecule has 13 heavy (non-hydrogen) atoms. The van der Waals surface area contributed by atoms with Gasteiger partial charge in [0.2, 0.25) is 0 Å². The van der Waals surface area contributed by atoms with Crippen LogP contribution in [0.2, 0.25) is 0 Å². The summed E-state index contributed by atoms with van der Waals surface area (Å²) in [7, 11) is 0. The normalized spacial score (nSPS) is 16.6. The van der Waals surface area contributed by atoms with Gasteiger partial charge in [-0.2, -0.15) is 5.26 Å². The third kappa shape index (κ3) is 3.73. The van der Waals surface area contributed by atoms with Crippen LogP contribution in [0.25, 0.3) is 0 Å². The monoisotopic (exact) mass is 177 g/mol. The molecule has 0 heterocycles. The highest BCUT2D eigenvalue weighted by Crippen LogP contribution is 2.12. The molecule has 0 aromatic carbocycles. The molecule has 0 saturated heterocycles. The molecule has 70 valence electrons. The lowest BCUT2D eigenvalue weighted by Gasteiger charge is -2.12. The van der Waals surface area contributed by atoms with Gasteiger partial charge in [0.1, 0.15) is 0 Å². The van der Waals surface area contributed by atoms with Crippen LogP contribution in [-0.2, 0) is 0 Å². The summed E-state index contributed by atoms with van der Waals surface area (Å²) >= 11 is 0. The maximum Gasteiger partial charge on any atom is 0.0945 e. The molecule has 2 heteroatoms. The minimum atomic E-state index is -0.751. The lowest BCUT2D eigenvalue weighted by molar-refractivity contribution is 0.180. The van der Waals surface area contributed by atoms with E-state index >= 15 is 0 Å². The third-order valence-corrected chi connectivity index (χ3v) is 1.74. The lowest BCUT2D eigenvalue weighted by atomic mass is 9.98. The first-order valence-electron chi connectivity index (χ1n) is 4.20. The zero-order chi connectivity index (χ0) is 10.3. The molecule has 0 saturated carbocycles. The molecule has 0 bridgehead atoms. The maximum absolute atomic E-state index is 9.61. The minimum absolute atomic E-state index is 0.408. The number of allylic oxidation sites excluding steroid dienone is 3. The molecule has 2 atom stereocenters. The fraction of sp³-hybridized carbons (Fsp3) is 0.364. The molecule has 0 spiro atoms. The van der Waals surface area contributed by atoms with Gasteiger partial charge >= 0.3 is 0 Å². The fourth-order valence-corrected chi connectivity index (χ4v) is 0.854. The summed E-state index contributed by atoms with van der Waals surface area (Å²) in [5.41, 5.74) is 0.673. The topological polar surface area (TPSA) is 44.0 Å². The molecular weight excluding hydrogens is 162 g/mol. The van der Waals surface area contributed by atoms with Gasteiger partial charge < -0.3 is 5.11 Å². The summed E-state index contributed by atoms with van der Waals surface area (Å²) in [6.07, 6.45) is 6.24. The molecule has 0 aromatic heterocycles. The fourth-order valence-electron chi connectivity index (χ4n) is 0.854. The predicted octanol–water partition coefficient (Wildman–Crippen LogP) is 2.20. The average molecular weight is 177 g/mol. The quantitative estimate of drug-likeness (QED) is 0.669. The zero-order valence-electron chi connectivity index (χ0n) is 8.07. The van der Waals surface area contributed by atoms with Crippen LogP contribution in [0.4, 0.5) is 0 Å². The zero-order valence-corrected chi connectivity index (χ0v) is 8.07. The molecular formula is C11H15NO. The second kappa shape index (κ2) is 6.22. The first-order chi connectivity index (χ1) is 6.17. The Morgan fingerprint density at radius 1 is 1.62 bits per heavy atom. The molecule has 1 N–H and O–H groups in total. The van der Waals surface area contributed by atoms with Gasteiger partial charge in [0, 0.05) is 0 Å². The Labute approximate surface area is 79.5 Å². The summed E-state index contributed by atoms with van der Waals surface area (Å²) in [5, 5.41) is 18.2. The second-order valence-corrected chi connectivity index (χ2v) is 2.76. The molecule has 0 aromatic rings.